The molecule has 1 amide bonds. The summed E-state index contributed by atoms with van der Waals surface area (Å²) in [5.41, 5.74) is 10.4. The molecule has 0 bridgehead atoms. The van der Waals surface area contributed by atoms with Gasteiger partial charge in [-0.05, 0) is 30.3 Å². The summed E-state index contributed by atoms with van der Waals surface area (Å²) in [5.74, 6) is -1.96. The average Bonchev–Trinajstić information content (AvgIpc) is 3.17. The number of hydrogen-bond acceptors (Lipinski definition) is 6. The normalized spacial score (nSPS) is 12.4. The van der Waals surface area contributed by atoms with Crippen LogP contribution in [-0.4, -0.2) is 50.5 Å². The first-order valence-electron chi connectivity index (χ1n) is 8.59. The summed E-state index contributed by atoms with van der Waals surface area (Å²) in [6.45, 7) is -0.128. The minimum atomic E-state index is -4.05. The van der Waals surface area contributed by atoms with Crippen LogP contribution in [0.15, 0.2) is 58.4 Å². The number of carboxylic acids is 1. The molecule has 1 aromatic heterocycles. The Bertz CT molecular complexity index is 1040. The first-order chi connectivity index (χ1) is 14.2. The van der Waals surface area contributed by atoms with Crippen molar-refractivity contribution >= 4 is 45.3 Å². The van der Waals surface area contributed by atoms with Gasteiger partial charge in [-0.25, -0.2) is 13.4 Å². The van der Waals surface area contributed by atoms with Crippen molar-refractivity contribution < 1.29 is 23.1 Å². The van der Waals surface area contributed by atoms with Crippen LogP contribution in [0.1, 0.15) is 14.5 Å². The summed E-state index contributed by atoms with van der Waals surface area (Å²) in [5, 5.41) is 11.8. The average molecular weight is 452 g/mol. The number of sulfonamides is 1. The lowest BCUT2D eigenvalue weighted by atomic mass is 10.3. The Morgan fingerprint density at radius 3 is 2.50 bits per heavy atom. The molecule has 0 aliphatic carbocycles. The van der Waals surface area contributed by atoms with Gasteiger partial charge in [0.25, 0.3) is 5.91 Å². The van der Waals surface area contributed by atoms with Crippen LogP contribution in [0.4, 0.5) is 0 Å². The number of carbonyl (C=O) groups excluding carboxylic acids is 1. The zero-order chi connectivity index (χ0) is 22.1. The van der Waals surface area contributed by atoms with Crippen molar-refractivity contribution in [1.82, 2.24) is 10.0 Å². The lowest BCUT2D eigenvalue weighted by molar-refractivity contribution is -0.138. The largest absolute Gasteiger partial charge is 0.480 e. The number of rotatable bonds is 10. The Morgan fingerprint density at radius 2 is 1.87 bits per heavy atom. The lowest BCUT2D eigenvalue weighted by Gasteiger charge is -2.15. The molecule has 30 heavy (non-hydrogen) atoms. The van der Waals surface area contributed by atoms with Crippen molar-refractivity contribution in [2.24, 2.45) is 16.5 Å². The van der Waals surface area contributed by atoms with Crippen LogP contribution in [0, 0.1) is 0 Å². The van der Waals surface area contributed by atoms with E-state index in [4.69, 9.17) is 11.5 Å². The summed E-state index contributed by atoms with van der Waals surface area (Å²) >= 11 is 1.17. The van der Waals surface area contributed by atoms with Crippen molar-refractivity contribution in [2.75, 3.05) is 13.1 Å². The van der Waals surface area contributed by atoms with Crippen LogP contribution in [0.25, 0.3) is 6.08 Å². The number of hydrogen-bond donors (Lipinski definition) is 5. The van der Waals surface area contributed by atoms with Crippen molar-refractivity contribution in [1.29, 1.82) is 0 Å². The van der Waals surface area contributed by atoms with Gasteiger partial charge in [0.05, 0.1) is 16.3 Å². The second-order valence-electron chi connectivity index (χ2n) is 5.91. The third-order valence-corrected chi connectivity index (χ3v) is 6.16. The Hall–Kier alpha value is -3.22. The molecule has 0 unspecified atom stereocenters. The molecule has 0 saturated heterocycles. The molecular formula is C18H21N5O5S2. The Morgan fingerprint density at radius 1 is 1.17 bits per heavy atom. The Labute approximate surface area is 177 Å². The number of guanidine groups is 1. The van der Waals surface area contributed by atoms with Crippen molar-refractivity contribution in [3.8, 4) is 0 Å². The van der Waals surface area contributed by atoms with E-state index in [1.807, 2.05) is 0 Å². The second kappa shape index (κ2) is 10.5. The molecular weight excluding hydrogens is 430 g/mol. The Kier molecular flexibility index (Phi) is 8.09. The number of aliphatic imine (C=N–C) groups is 1. The fourth-order valence-corrected chi connectivity index (χ4v) is 4.27. The number of nitrogens with zero attached hydrogens (tertiary/aromatic N) is 1. The van der Waals surface area contributed by atoms with Crippen molar-refractivity contribution in [3.63, 3.8) is 0 Å². The van der Waals surface area contributed by atoms with Gasteiger partial charge in [-0.2, -0.15) is 4.72 Å². The number of aliphatic carboxylic acids is 1. The monoisotopic (exact) mass is 451 g/mol. The molecule has 1 aromatic carbocycles. The third kappa shape index (κ3) is 6.99. The van der Waals surface area contributed by atoms with Gasteiger partial charge in [-0.15, -0.1) is 11.3 Å². The van der Waals surface area contributed by atoms with E-state index in [-0.39, 0.29) is 10.9 Å². The predicted octanol–water partition coefficient (Wildman–Crippen LogP) is 0.196. The van der Waals surface area contributed by atoms with Gasteiger partial charge < -0.3 is 21.9 Å². The highest BCUT2D eigenvalue weighted by atomic mass is 32.2. The quantitative estimate of drug-likeness (QED) is 0.253. The number of nitrogens with two attached hydrogens (primary N) is 2. The van der Waals surface area contributed by atoms with E-state index in [0.29, 0.717) is 11.4 Å². The summed E-state index contributed by atoms with van der Waals surface area (Å²) in [6, 6.07) is 9.11. The Balaban J connectivity index is 1.97. The molecule has 0 radical (unpaired) electrons. The van der Waals surface area contributed by atoms with Gasteiger partial charge in [-0.1, -0.05) is 24.3 Å². The van der Waals surface area contributed by atoms with Crippen LogP contribution in [0.5, 0.6) is 0 Å². The molecule has 12 heteroatoms. The molecule has 1 atom stereocenters. The molecule has 0 fully saturated rings. The molecule has 10 nitrogen and oxygen atoms in total. The number of thiophene rings is 1. The van der Waals surface area contributed by atoms with E-state index >= 15 is 0 Å². The molecule has 0 aliphatic rings. The molecule has 2 rings (SSSR count). The van der Waals surface area contributed by atoms with Gasteiger partial charge in [0.2, 0.25) is 10.0 Å². The fourth-order valence-electron chi connectivity index (χ4n) is 2.21. The standard InChI is InChI=1S/C18H21N5O5S2/c19-18(20)21-10-4-5-12-8-9-15(29-12)16(24)22-11-14(17(25)26)23-30(27,28)13-6-2-1-3-7-13/h1-9,14,23H,10-11H2,(H,22,24)(H,25,26)(H4,19,20,21)/b5-4+/t14-/m0/s1. The third-order valence-electron chi connectivity index (χ3n) is 3.63. The lowest BCUT2D eigenvalue weighted by Crippen LogP contribution is -2.48. The van der Waals surface area contributed by atoms with E-state index < -0.39 is 34.5 Å². The minimum absolute atomic E-state index is 0.0261. The van der Waals surface area contributed by atoms with E-state index in [1.165, 1.54) is 35.6 Å². The zero-order valence-electron chi connectivity index (χ0n) is 15.7. The fraction of sp³-hybridized carbons (Fsp3) is 0.167. The first-order valence-corrected chi connectivity index (χ1v) is 10.9. The van der Waals surface area contributed by atoms with Gasteiger partial charge in [0, 0.05) is 11.4 Å². The number of nitrogens with one attached hydrogen (secondary N) is 2. The van der Waals surface area contributed by atoms with Crippen LogP contribution < -0.4 is 21.5 Å². The zero-order valence-corrected chi connectivity index (χ0v) is 17.3. The van der Waals surface area contributed by atoms with Gasteiger partial charge >= 0.3 is 5.97 Å². The highest BCUT2D eigenvalue weighted by molar-refractivity contribution is 7.89. The highest BCUT2D eigenvalue weighted by Crippen LogP contribution is 2.18. The maximum atomic E-state index is 12.3. The molecule has 160 valence electrons. The maximum Gasteiger partial charge on any atom is 0.323 e. The SMILES string of the molecule is NC(N)=NC/C=C/c1ccc(C(=O)NC[C@H](NS(=O)(=O)c2ccccc2)C(=O)O)s1. The van der Waals surface area contributed by atoms with Crippen molar-refractivity contribution in [3.05, 3.63) is 58.3 Å². The summed E-state index contributed by atoms with van der Waals surface area (Å²) < 4.78 is 26.7. The molecule has 0 aliphatic heterocycles. The summed E-state index contributed by atoms with van der Waals surface area (Å²) in [4.78, 5) is 28.6. The molecule has 7 N–H and O–H groups in total. The first kappa shape index (κ1) is 23.1. The number of carboxylic acid groups (broad SMARTS) is 1. The van der Waals surface area contributed by atoms with Crippen LogP contribution >= 0.6 is 11.3 Å². The number of benzene rings is 1. The number of carbonyl (C=O) groups is 2. The predicted molar refractivity (Wildman–Crippen MR) is 115 cm³/mol. The van der Waals surface area contributed by atoms with Gasteiger partial charge in [-0.3, -0.25) is 9.59 Å². The van der Waals surface area contributed by atoms with E-state index in [0.717, 1.165) is 4.88 Å². The summed E-state index contributed by atoms with van der Waals surface area (Å²) in [6.07, 6.45) is 3.45. The molecule has 2 aromatic rings. The number of amides is 1. The van der Waals surface area contributed by atoms with Gasteiger partial charge in [0.1, 0.15) is 6.04 Å². The van der Waals surface area contributed by atoms with Crippen LogP contribution in [0.3, 0.4) is 0 Å². The van der Waals surface area contributed by atoms with Gasteiger partial charge in [0.15, 0.2) is 5.96 Å². The topological polar surface area (TPSA) is 177 Å². The van der Waals surface area contributed by atoms with E-state index in [9.17, 15) is 23.1 Å². The van der Waals surface area contributed by atoms with Crippen LogP contribution in [0.2, 0.25) is 0 Å². The van der Waals surface area contributed by atoms with Crippen LogP contribution in [-0.2, 0) is 14.8 Å². The van der Waals surface area contributed by atoms with E-state index in [1.54, 1.807) is 30.4 Å². The minimum Gasteiger partial charge on any atom is -0.480 e. The second-order valence-corrected chi connectivity index (χ2v) is 8.73. The smallest absolute Gasteiger partial charge is 0.323 e. The van der Waals surface area contributed by atoms with Crippen molar-refractivity contribution in [2.45, 2.75) is 10.9 Å². The molecule has 1 heterocycles. The maximum absolute atomic E-state index is 12.3. The summed E-state index contributed by atoms with van der Waals surface area (Å²) in [7, 11) is -4.05. The molecule has 0 spiro atoms. The highest BCUT2D eigenvalue weighted by Gasteiger charge is 2.26. The van der Waals surface area contributed by atoms with E-state index in [2.05, 4.69) is 15.0 Å². The molecule has 0 saturated carbocycles.